The van der Waals surface area contributed by atoms with Gasteiger partial charge < -0.3 is 10.5 Å². The second-order valence-corrected chi connectivity index (χ2v) is 9.15. The van der Waals surface area contributed by atoms with Crippen molar-refractivity contribution in [3.63, 3.8) is 0 Å². The van der Waals surface area contributed by atoms with E-state index < -0.39 is 10.0 Å². The summed E-state index contributed by atoms with van der Waals surface area (Å²) in [6.45, 7) is 5.04. The largest absolute Gasteiger partial charge is 0.375 e. The average molecular weight is 383 g/mol. The molecule has 0 spiro atoms. The standard InChI is InChI=1S/C12H19BrN2O3S2/c1-3-9-7-18-8(2)6-15(9)20(16,17)11-4-10(5-14)19-12(11)13/h4,8-9H,3,5-7,14H2,1-2H3. The lowest BCUT2D eigenvalue weighted by atomic mass is 10.2. The lowest BCUT2D eigenvalue weighted by Gasteiger charge is -2.37. The minimum absolute atomic E-state index is 0.0843. The Bertz CT molecular complexity index is 573. The summed E-state index contributed by atoms with van der Waals surface area (Å²) in [7, 11) is -3.51. The van der Waals surface area contributed by atoms with Crippen molar-refractivity contribution in [3.05, 3.63) is 14.7 Å². The first-order chi connectivity index (χ1) is 9.40. The Morgan fingerprint density at radius 2 is 2.30 bits per heavy atom. The summed E-state index contributed by atoms with van der Waals surface area (Å²) in [5.41, 5.74) is 5.59. The number of nitrogens with two attached hydrogens (primary N) is 1. The molecule has 1 aliphatic heterocycles. The quantitative estimate of drug-likeness (QED) is 0.865. The van der Waals surface area contributed by atoms with E-state index in [0.717, 1.165) is 11.3 Å². The first kappa shape index (κ1) is 16.4. The van der Waals surface area contributed by atoms with Crippen LogP contribution in [0.5, 0.6) is 0 Å². The van der Waals surface area contributed by atoms with E-state index >= 15 is 0 Å². The molecule has 2 heterocycles. The Hall–Kier alpha value is 0.01000. The van der Waals surface area contributed by atoms with E-state index in [1.54, 1.807) is 10.4 Å². The zero-order chi connectivity index (χ0) is 14.9. The molecule has 1 aromatic rings. The predicted octanol–water partition coefficient (Wildman–Crippen LogP) is 2.16. The van der Waals surface area contributed by atoms with Crippen molar-refractivity contribution in [3.8, 4) is 0 Å². The number of rotatable bonds is 4. The topological polar surface area (TPSA) is 72.6 Å². The molecule has 0 bridgehead atoms. The Labute approximate surface area is 132 Å². The monoisotopic (exact) mass is 382 g/mol. The molecule has 2 N–H and O–H groups in total. The molecular weight excluding hydrogens is 364 g/mol. The fourth-order valence-corrected chi connectivity index (χ4v) is 6.50. The van der Waals surface area contributed by atoms with Crippen LogP contribution in [-0.2, 0) is 21.3 Å². The molecule has 114 valence electrons. The maximum Gasteiger partial charge on any atom is 0.245 e. The molecule has 20 heavy (non-hydrogen) atoms. The summed E-state index contributed by atoms with van der Waals surface area (Å²) in [5, 5.41) is 0. The van der Waals surface area contributed by atoms with Gasteiger partial charge in [0.15, 0.2) is 0 Å². The molecule has 0 saturated carbocycles. The number of morpholine rings is 1. The number of sulfonamides is 1. The van der Waals surface area contributed by atoms with E-state index in [-0.39, 0.29) is 12.1 Å². The minimum atomic E-state index is -3.51. The van der Waals surface area contributed by atoms with Crippen LogP contribution in [0.25, 0.3) is 0 Å². The number of ether oxygens (including phenoxy) is 1. The van der Waals surface area contributed by atoms with Gasteiger partial charge in [0.1, 0.15) is 4.90 Å². The van der Waals surface area contributed by atoms with Crippen LogP contribution in [-0.4, -0.2) is 38.0 Å². The highest BCUT2D eigenvalue weighted by Crippen LogP contribution is 2.35. The maximum absolute atomic E-state index is 12.9. The van der Waals surface area contributed by atoms with E-state index in [4.69, 9.17) is 10.5 Å². The normalized spacial score (nSPS) is 25.0. The number of hydrogen-bond donors (Lipinski definition) is 1. The van der Waals surface area contributed by atoms with E-state index in [2.05, 4.69) is 15.9 Å². The Kier molecular flexibility index (Phi) is 5.25. The van der Waals surface area contributed by atoms with Gasteiger partial charge in [-0.1, -0.05) is 6.92 Å². The zero-order valence-electron chi connectivity index (χ0n) is 11.5. The van der Waals surface area contributed by atoms with Gasteiger partial charge >= 0.3 is 0 Å². The molecule has 0 radical (unpaired) electrons. The van der Waals surface area contributed by atoms with Crippen molar-refractivity contribution < 1.29 is 13.2 Å². The summed E-state index contributed by atoms with van der Waals surface area (Å²) in [6, 6.07) is 1.56. The molecule has 2 atom stereocenters. The van der Waals surface area contributed by atoms with Crippen LogP contribution in [0, 0.1) is 0 Å². The number of thiophene rings is 1. The van der Waals surface area contributed by atoms with Crippen molar-refractivity contribution >= 4 is 37.3 Å². The van der Waals surface area contributed by atoms with Crippen LogP contribution in [0.15, 0.2) is 14.7 Å². The van der Waals surface area contributed by atoms with Crippen molar-refractivity contribution in [2.45, 2.75) is 43.9 Å². The summed E-state index contributed by atoms with van der Waals surface area (Å²) in [5.74, 6) is 0. The molecule has 1 aromatic heterocycles. The Morgan fingerprint density at radius 3 is 2.85 bits per heavy atom. The van der Waals surface area contributed by atoms with Gasteiger partial charge in [-0.25, -0.2) is 8.42 Å². The van der Waals surface area contributed by atoms with E-state index in [9.17, 15) is 8.42 Å². The third kappa shape index (κ3) is 3.10. The predicted molar refractivity (Wildman–Crippen MR) is 83.3 cm³/mol. The van der Waals surface area contributed by atoms with Crippen LogP contribution < -0.4 is 5.73 Å². The van der Waals surface area contributed by atoms with Gasteiger partial charge in [-0.15, -0.1) is 11.3 Å². The highest BCUT2D eigenvalue weighted by Gasteiger charge is 2.37. The highest BCUT2D eigenvalue weighted by molar-refractivity contribution is 9.11. The van der Waals surface area contributed by atoms with E-state index in [1.807, 2.05) is 13.8 Å². The SMILES string of the molecule is CCC1COC(C)CN1S(=O)(=O)c1cc(CN)sc1Br. The fourth-order valence-electron chi connectivity index (χ4n) is 2.23. The summed E-state index contributed by atoms with van der Waals surface area (Å²) in [6.07, 6.45) is 0.649. The lowest BCUT2D eigenvalue weighted by molar-refractivity contribution is -0.0230. The second-order valence-electron chi connectivity index (χ2n) is 4.84. The van der Waals surface area contributed by atoms with E-state index in [0.29, 0.717) is 28.4 Å². The first-order valence-corrected chi connectivity index (χ1v) is 9.56. The van der Waals surface area contributed by atoms with Crippen LogP contribution in [0.3, 0.4) is 0 Å². The average Bonchev–Trinajstić information content (AvgIpc) is 2.80. The minimum Gasteiger partial charge on any atom is -0.375 e. The van der Waals surface area contributed by atoms with Crippen molar-refractivity contribution in [2.24, 2.45) is 5.73 Å². The van der Waals surface area contributed by atoms with Crippen LogP contribution in [0.4, 0.5) is 0 Å². The van der Waals surface area contributed by atoms with Gasteiger partial charge in [0, 0.05) is 24.0 Å². The smallest absolute Gasteiger partial charge is 0.245 e. The molecule has 1 saturated heterocycles. The van der Waals surface area contributed by atoms with Gasteiger partial charge in [-0.3, -0.25) is 0 Å². The molecule has 0 amide bonds. The van der Waals surface area contributed by atoms with Crippen molar-refractivity contribution in [1.29, 1.82) is 0 Å². The third-order valence-electron chi connectivity index (χ3n) is 3.38. The summed E-state index contributed by atoms with van der Waals surface area (Å²) < 4.78 is 33.5. The molecule has 1 aliphatic rings. The number of nitrogens with zero attached hydrogens (tertiary/aromatic N) is 1. The summed E-state index contributed by atoms with van der Waals surface area (Å²) >= 11 is 4.71. The van der Waals surface area contributed by atoms with Crippen LogP contribution in [0.2, 0.25) is 0 Å². The molecule has 2 rings (SSSR count). The fraction of sp³-hybridized carbons (Fsp3) is 0.667. The molecular formula is C12H19BrN2O3S2. The Balaban J connectivity index is 2.39. The maximum atomic E-state index is 12.9. The van der Waals surface area contributed by atoms with Crippen LogP contribution >= 0.6 is 27.3 Å². The lowest BCUT2D eigenvalue weighted by Crippen LogP contribution is -2.51. The van der Waals surface area contributed by atoms with E-state index in [1.165, 1.54) is 11.3 Å². The number of halogens is 1. The molecule has 0 aromatic carbocycles. The van der Waals surface area contributed by atoms with Crippen molar-refractivity contribution in [1.82, 2.24) is 4.31 Å². The third-order valence-corrected chi connectivity index (χ3v) is 7.58. The molecule has 5 nitrogen and oxygen atoms in total. The van der Waals surface area contributed by atoms with Gasteiger partial charge in [-0.2, -0.15) is 4.31 Å². The first-order valence-electron chi connectivity index (χ1n) is 6.51. The van der Waals surface area contributed by atoms with Crippen LogP contribution in [0.1, 0.15) is 25.1 Å². The van der Waals surface area contributed by atoms with Gasteiger partial charge in [-0.05, 0) is 35.3 Å². The number of hydrogen-bond acceptors (Lipinski definition) is 5. The second kappa shape index (κ2) is 6.41. The zero-order valence-corrected chi connectivity index (χ0v) is 14.7. The van der Waals surface area contributed by atoms with Gasteiger partial charge in [0.25, 0.3) is 0 Å². The van der Waals surface area contributed by atoms with Gasteiger partial charge in [0.2, 0.25) is 10.0 Å². The molecule has 2 unspecified atom stereocenters. The highest BCUT2D eigenvalue weighted by atomic mass is 79.9. The molecule has 0 aliphatic carbocycles. The Morgan fingerprint density at radius 1 is 1.60 bits per heavy atom. The molecule has 8 heteroatoms. The summed E-state index contributed by atoms with van der Waals surface area (Å²) in [4.78, 5) is 1.17. The van der Waals surface area contributed by atoms with Crippen molar-refractivity contribution in [2.75, 3.05) is 13.2 Å². The molecule has 1 fully saturated rings. The van der Waals surface area contributed by atoms with Gasteiger partial charge in [0.05, 0.1) is 16.5 Å².